The van der Waals surface area contributed by atoms with E-state index in [0.29, 0.717) is 17.9 Å². The minimum absolute atomic E-state index is 0.118. The zero-order valence-corrected chi connectivity index (χ0v) is 14.9. The summed E-state index contributed by atoms with van der Waals surface area (Å²) in [5, 5.41) is 4.30. The van der Waals surface area contributed by atoms with Gasteiger partial charge in [0.15, 0.2) is 0 Å². The summed E-state index contributed by atoms with van der Waals surface area (Å²) in [5.74, 6) is 0.278. The molecule has 5 heteroatoms. The molecule has 1 aromatic rings. The van der Waals surface area contributed by atoms with Gasteiger partial charge < -0.3 is 4.90 Å². The number of nitrogens with one attached hydrogen (secondary N) is 1. The van der Waals surface area contributed by atoms with Gasteiger partial charge in [-0.3, -0.25) is 9.59 Å². The molecule has 132 valence electrons. The van der Waals surface area contributed by atoms with Crippen LogP contribution in [-0.4, -0.2) is 24.1 Å². The molecule has 3 rings (SSSR count). The highest BCUT2D eigenvalue weighted by atomic mass is 16.2. The highest BCUT2D eigenvalue weighted by Crippen LogP contribution is 2.24. The third kappa shape index (κ3) is 4.16. The Morgan fingerprint density at radius 3 is 2.84 bits per heavy atom. The predicted octanol–water partition coefficient (Wildman–Crippen LogP) is 3.67. The molecule has 0 bridgehead atoms. The van der Waals surface area contributed by atoms with E-state index in [1.165, 1.54) is 5.57 Å². The molecule has 1 aliphatic heterocycles. The Bertz CT molecular complexity index is 736. The SMILES string of the molecule is CC1=CCC(/C(C)=N/NC(=O)c2cccc(N3CCCC3=O)c2)CC1. The normalized spacial score (nSPS) is 21.3. The number of amides is 2. The van der Waals surface area contributed by atoms with E-state index < -0.39 is 0 Å². The molecule has 0 spiro atoms. The Hall–Kier alpha value is -2.43. The lowest BCUT2D eigenvalue weighted by atomic mass is 9.87. The third-order valence-electron chi connectivity index (χ3n) is 5.06. The van der Waals surface area contributed by atoms with Gasteiger partial charge in [-0.2, -0.15) is 5.10 Å². The lowest BCUT2D eigenvalue weighted by Gasteiger charge is -2.20. The van der Waals surface area contributed by atoms with Gasteiger partial charge in [-0.1, -0.05) is 17.7 Å². The smallest absolute Gasteiger partial charge is 0.271 e. The number of hydrazone groups is 1. The molecule has 1 N–H and O–H groups in total. The van der Waals surface area contributed by atoms with Crippen molar-refractivity contribution in [1.29, 1.82) is 0 Å². The topological polar surface area (TPSA) is 61.8 Å². The molecule has 0 aromatic heterocycles. The fourth-order valence-electron chi connectivity index (χ4n) is 3.38. The van der Waals surface area contributed by atoms with Gasteiger partial charge in [0.25, 0.3) is 5.91 Å². The summed E-state index contributed by atoms with van der Waals surface area (Å²) >= 11 is 0. The van der Waals surface area contributed by atoms with Gasteiger partial charge in [-0.15, -0.1) is 0 Å². The van der Waals surface area contributed by atoms with E-state index in [4.69, 9.17) is 0 Å². The van der Waals surface area contributed by atoms with Crippen LogP contribution >= 0.6 is 0 Å². The molecule has 1 atom stereocenters. The van der Waals surface area contributed by atoms with Crippen molar-refractivity contribution in [2.45, 2.75) is 46.0 Å². The van der Waals surface area contributed by atoms with E-state index in [9.17, 15) is 9.59 Å². The minimum Gasteiger partial charge on any atom is -0.312 e. The van der Waals surface area contributed by atoms with E-state index in [2.05, 4.69) is 23.5 Å². The van der Waals surface area contributed by atoms with Crippen LogP contribution < -0.4 is 10.3 Å². The van der Waals surface area contributed by atoms with Gasteiger partial charge in [0.05, 0.1) is 0 Å². The number of nitrogens with zero attached hydrogens (tertiary/aromatic N) is 2. The van der Waals surface area contributed by atoms with E-state index in [-0.39, 0.29) is 11.8 Å². The second-order valence-electron chi connectivity index (χ2n) is 6.92. The quantitative estimate of drug-likeness (QED) is 0.517. The van der Waals surface area contributed by atoms with Crippen LogP contribution in [0.5, 0.6) is 0 Å². The van der Waals surface area contributed by atoms with Gasteiger partial charge in [-0.25, -0.2) is 5.43 Å². The Labute approximate surface area is 148 Å². The molecular weight excluding hydrogens is 314 g/mol. The highest BCUT2D eigenvalue weighted by molar-refractivity contribution is 5.99. The van der Waals surface area contributed by atoms with Crippen molar-refractivity contribution in [3.05, 3.63) is 41.5 Å². The van der Waals surface area contributed by atoms with E-state index >= 15 is 0 Å². The maximum absolute atomic E-state index is 12.4. The first-order chi connectivity index (χ1) is 12.0. The van der Waals surface area contributed by atoms with Crippen LogP contribution in [0.3, 0.4) is 0 Å². The fourth-order valence-corrected chi connectivity index (χ4v) is 3.38. The molecule has 1 heterocycles. The summed E-state index contributed by atoms with van der Waals surface area (Å²) < 4.78 is 0. The second kappa shape index (κ2) is 7.64. The molecule has 2 aliphatic rings. The largest absolute Gasteiger partial charge is 0.312 e. The first-order valence-electron chi connectivity index (χ1n) is 8.95. The molecule has 25 heavy (non-hydrogen) atoms. The second-order valence-corrected chi connectivity index (χ2v) is 6.92. The Morgan fingerprint density at radius 2 is 2.16 bits per heavy atom. The van der Waals surface area contributed by atoms with Crippen LogP contribution in [0.25, 0.3) is 0 Å². The maximum Gasteiger partial charge on any atom is 0.271 e. The predicted molar refractivity (Wildman–Crippen MR) is 99.7 cm³/mol. The molecule has 1 saturated heterocycles. The van der Waals surface area contributed by atoms with Crippen LogP contribution in [0, 0.1) is 5.92 Å². The number of hydrogen-bond acceptors (Lipinski definition) is 3. The maximum atomic E-state index is 12.4. The molecular formula is C20H25N3O2. The summed E-state index contributed by atoms with van der Waals surface area (Å²) in [6.45, 7) is 4.84. The number of hydrogen-bond donors (Lipinski definition) is 1. The van der Waals surface area contributed by atoms with Gasteiger partial charge in [-0.05, 0) is 57.7 Å². The summed E-state index contributed by atoms with van der Waals surface area (Å²) in [5.41, 5.74) is 6.36. The molecule has 5 nitrogen and oxygen atoms in total. The van der Waals surface area contributed by atoms with Gasteiger partial charge in [0.1, 0.15) is 0 Å². The standard InChI is InChI=1S/C20H25N3O2/c1-14-8-10-16(11-9-14)15(2)21-22-20(25)17-5-3-6-18(13-17)23-12-4-7-19(23)24/h3,5-6,8,13,16H,4,7,9-12H2,1-2H3,(H,22,25)/b21-15+. The number of rotatable bonds is 4. The first-order valence-corrected chi connectivity index (χ1v) is 8.95. The Morgan fingerprint density at radius 1 is 1.32 bits per heavy atom. The Kier molecular flexibility index (Phi) is 5.31. The Balaban J connectivity index is 1.65. The average Bonchev–Trinajstić information content (AvgIpc) is 3.06. The molecule has 2 amide bonds. The monoisotopic (exact) mass is 339 g/mol. The van der Waals surface area contributed by atoms with Crippen molar-refractivity contribution in [1.82, 2.24) is 5.43 Å². The van der Waals surface area contributed by atoms with Crippen LogP contribution in [0.2, 0.25) is 0 Å². The van der Waals surface area contributed by atoms with Crippen molar-refractivity contribution < 1.29 is 9.59 Å². The van der Waals surface area contributed by atoms with Crippen molar-refractivity contribution in [3.8, 4) is 0 Å². The van der Waals surface area contributed by atoms with E-state index in [1.807, 2.05) is 13.0 Å². The van der Waals surface area contributed by atoms with Gasteiger partial charge in [0.2, 0.25) is 5.91 Å². The number of benzene rings is 1. The number of carbonyl (C=O) groups is 2. The molecule has 0 radical (unpaired) electrons. The summed E-state index contributed by atoms with van der Waals surface area (Å²) in [6, 6.07) is 7.18. The molecule has 1 unspecified atom stereocenters. The first kappa shape index (κ1) is 17.4. The minimum atomic E-state index is -0.240. The van der Waals surface area contributed by atoms with Crippen LogP contribution in [0.1, 0.15) is 56.3 Å². The molecule has 1 aliphatic carbocycles. The van der Waals surface area contributed by atoms with Crippen molar-refractivity contribution >= 4 is 23.2 Å². The third-order valence-corrected chi connectivity index (χ3v) is 5.06. The highest BCUT2D eigenvalue weighted by Gasteiger charge is 2.22. The summed E-state index contributed by atoms with van der Waals surface area (Å²) in [6.07, 6.45) is 6.87. The molecule has 0 saturated carbocycles. The fraction of sp³-hybridized carbons (Fsp3) is 0.450. The summed E-state index contributed by atoms with van der Waals surface area (Å²) in [7, 11) is 0. The number of allylic oxidation sites excluding steroid dienone is 2. The van der Waals surface area contributed by atoms with Crippen molar-refractivity contribution in [2.75, 3.05) is 11.4 Å². The lowest BCUT2D eigenvalue weighted by molar-refractivity contribution is -0.117. The lowest BCUT2D eigenvalue weighted by Crippen LogP contribution is -2.25. The molecule has 1 aromatic carbocycles. The summed E-state index contributed by atoms with van der Waals surface area (Å²) in [4.78, 5) is 26.0. The van der Waals surface area contributed by atoms with Crippen LogP contribution in [0.15, 0.2) is 41.0 Å². The zero-order valence-electron chi connectivity index (χ0n) is 14.9. The van der Waals surface area contributed by atoms with Crippen LogP contribution in [-0.2, 0) is 4.79 Å². The van der Waals surface area contributed by atoms with Crippen LogP contribution in [0.4, 0.5) is 5.69 Å². The zero-order chi connectivity index (χ0) is 17.8. The number of carbonyl (C=O) groups excluding carboxylic acids is 2. The van der Waals surface area contributed by atoms with E-state index in [1.54, 1.807) is 23.1 Å². The average molecular weight is 339 g/mol. The van der Waals surface area contributed by atoms with E-state index in [0.717, 1.165) is 43.6 Å². The van der Waals surface area contributed by atoms with Crippen molar-refractivity contribution in [2.24, 2.45) is 11.0 Å². The van der Waals surface area contributed by atoms with Gasteiger partial charge >= 0.3 is 0 Å². The van der Waals surface area contributed by atoms with Crippen molar-refractivity contribution in [3.63, 3.8) is 0 Å². The molecule has 1 fully saturated rings. The number of anilines is 1. The van der Waals surface area contributed by atoms with Gasteiger partial charge in [0, 0.05) is 35.8 Å².